The molecule has 2 aliphatic rings. The van der Waals surface area contributed by atoms with Crippen molar-refractivity contribution in [3.05, 3.63) is 52.7 Å². The first-order valence-electron chi connectivity index (χ1n) is 8.96. The first-order chi connectivity index (χ1) is 12.7. The second kappa shape index (κ2) is 5.68. The Morgan fingerprint density at radius 1 is 1.19 bits per heavy atom. The number of hydrogen-bond donors (Lipinski definition) is 1. The van der Waals surface area contributed by atoms with Gasteiger partial charge >= 0.3 is 0 Å². The van der Waals surface area contributed by atoms with Gasteiger partial charge < -0.3 is 19.2 Å². The van der Waals surface area contributed by atoms with Gasteiger partial charge in [0, 0.05) is 34.3 Å². The summed E-state index contributed by atoms with van der Waals surface area (Å²) in [5.74, 6) is 2.32. The molecule has 2 aromatic carbocycles. The molecule has 134 valence electrons. The maximum atomic E-state index is 5.84. The number of rotatable bonds is 2. The third-order valence-corrected chi connectivity index (χ3v) is 5.61. The van der Waals surface area contributed by atoms with Crippen LogP contribution in [0.3, 0.4) is 0 Å². The lowest BCUT2D eigenvalue weighted by atomic mass is 9.86. The van der Waals surface area contributed by atoms with Crippen LogP contribution in [-0.4, -0.2) is 37.4 Å². The zero-order chi connectivity index (χ0) is 17.8. The Labute approximate surface area is 152 Å². The molecule has 0 saturated carbocycles. The number of aromatic amines is 1. The predicted octanol–water partition coefficient (Wildman–Crippen LogP) is 3.79. The van der Waals surface area contributed by atoms with E-state index in [4.69, 9.17) is 14.2 Å². The first kappa shape index (κ1) is 15.6. The molecule has 1 atom stereocenters. The fourth-order valence-electron chi connectivity index (χ4n) is 4.45. The Hall–Kier alpha value is -2.66. The number of H-pyrrole nitrogens is 1. The van der Waals surface area contributed by atoms with Gasteiger partial charge in [0.15, 0.2) is 11.5 Å². The second-order valence-electron chi connectivity index (χ2n) is 7.06. The number of nitrogens with zero attached hydrogens (tertiary/aromatic N) is 1. The van der Waals surface area contributed by atoms with Crippen LogP contribution >= 0.6 is 0 Å². The maximum Gasteiger partial charge on any atom is 0.231 e. The Morgan fingerprint density at radius 3 is 2.88 bits per heavy atom. The number of ether oxygens (including phenoxy) is 3. The van der Waals surface area contributed by atoms with Crippen LogP contribution in [0.1, 0.15) is 28.4 Å². The zero-order valence-corrected chi connectivity index (χ0v) is 15.3. The summed E-state index contributed by atoms with van der Waals surface area (Å²) in [5, 5.41) is 1.26. The van der Waals surface area contributed by atoms with Crippen molar-refractivity contribution >= 4 is 10.9 Å². The summed E-state index contributed by atoms with van der Waals surface area (Å²) in [4.78, 5) is 5.94. The van der Waals surface area contributed by atoms with Gasteiger partial charge in [-0.15, -0.1) is 0 Å². The van der Waals surface area contributed by atoms with Gasteiger partial charge in [0.05, 0.1) is 13.2 Å². The summed E-state index contributed by atoms with van der Waals surface area (Å²) in [7, 11) is 3.89. The van der Waals surface area contributed by atoms with E-state index in [9.17, 15) is 0 Å². The molecule has 0 saturated heterocycles. The third kappa shape index (κ3) is 2.07. The van der Waals surface area contributed by atoms with Crippen LogP contribution < -0.4 is 14.2 Å². The van der Waals surface area contributed by atoms with E-state index in [-0.39, 0.29) is 12.8 Å². The van der Waals surface area contributed by atoms with Gasteiger partial charge in [-0.3, -0.25) is 4.90 Å². The molecule has 3 heterocycles. The average Bonchev–Trinajstić information content (AvgIpc) is 3.23. The summed E-state index contributed by atoms with van der Waals surface area (Å²) in [6.45, 7) is 3.39. The van der Waals surface area contributed by atoms with Gasteiger partial charge in [-0.2, -0.15) is 0 Å². The lowest BCUT2D eigenvalue weighted by molar-refractivity contribution is 0.171. The molecular weight excluding hydrogens is 328 g/mol. The lowest BCUT2D eigenvalue weighted by Crippen LogP contribution is -2.33. The van der Waals surface area contributed by atoms with E-state index in [1.807, 2.05) is 0 Å². The van der Waals surface area contributed by atoms with Crippen molar-refractivity contribution in [2.45, 2.75) is 19.4 Å². The minimum atomic E-state index is 0.111. The van der Waals surface area contributed by atoms with E-state index in [1.54, 1.807) is 7.11 Å². The van der Waals surface area contributed by atoms with Gasteiger partial charge in [-0.25, -0.2) is 0 Å². The van der Waals surface area contributed by atoms with Crippen LogP contribution in [0, 0.1) is 6.92 Å². The molecule has 1 N–H and O–H groups in total. The van der Waals surface area contributed by atoms with Crippen LogP contribution in [-0.2, 0) is 6.42 Å². The van der Waals surface area contributed by atoms with Gasteiger partial charge in [0.1, 0.15) is 0 Å². The fourth-order valence-corrected chi connectivity index (χ4v) is 4.45. The number of methoxy groups -OCH3 is 1. The van der Waals surface area contributed by atoms with Crippen molar-refractivity contribution in [2.75, 3.05) is 27.5 Å². The largest absolute Gasteiger partial charge is 0.492 e. The topological polar surface area (TPSA) is 46.7 Å². The molecule has 1 aromatic heterocycles. The molecule has 3 aromatic rings. The number of benzene rings is 2. The Bertz CT molecular complexity index is 1010. The number of aromatic nitrogens is 1. The lowest BCUT2D eigenvalue weighted by Gasteiger charge is -2.36. The van der Waals surface area contributed by atoms with Crippen LogP contribution in [0.4, 0.5) is 0 Å². The molecule has 0 spiro atoms. The van der Waals surface area contributed by atoms with Crippen molar-refractivity contribution in [3.8, 4) is 17.2 Å². The van der Waals surface area contributed by atoms with Crippen LogP contribution in [0.5, 0.6) is 17.2 Å². The number of likely N-dealkylation sites (N-methyl/N-ethyl adjacent to an activating group) is 1. The number of aryl methyl sites for hydroxylation is 1. The van der Waals surface area contributed by atoms with Crippen LogP contribution in [0.25, 0.3) is 10.9 Å². The summed E-state index contributed by atoms with van der Waals surface area (Å²) in [6.07, 6.45) is 0.969. The van der Waals surface area contributed by atoms with Gasteiger partial charge in [-0.05, 0) is 38.1 Å². The van der Waals surface area contributed by atoms with Gasteiger partial charge in [0.25, 0.3) is 0 Å². The van der Waals surface area contributed by atoms with Crippen LogP contribution in [0.2, 0.25) is 0 Å². The molecule has 5 nitrogen and oxygen atoms in total. The van der Waals surface area contributed by atoms with Crippen molar-refractivity contribution in [1.29, 1.82) is 0 Å². The molecular formula is C21H22N2O3. The summed E-state index contributed by atoms with van der Waals surface area (Å²) >= 11 is 0. The molecule has 26 heavy (non-hydrogen) atoms. The third-order valence-electron chi connectivity index (χ3n) is 5.61. The predicted molar refractivity (Wildman–Crippen MR) is 100 cm³/mol. The number of nitrogens with one attached hydrogen (secondary N) is 1. The van der Waals surface area contributed by atoms with E-state index < -0.39 is 0 Å². The molecule has 0 aliphatic carbocycles. The highest BCUT2D eigenvalue weighted by molar-refractivity contribution is 5.86. The molecule has 0 fully saturated rings. The van der Waals surface area contributed by atoms with E-state index in [2.05, 4.69) is 54.2 Å². The molecule has 0 bridgehead atoms. The monoisotopic (exact) mass is 350 g/mol. The van der Waals surface area contributed by atoms with Crippen molar-refractivity contribution in [3.63, 3.8) is 0 Å². The SMILES string of the molecule is COc1c2c(cc3c1[C@@H](c1c(C)[nH]c4ccccc14)N(C)CC3)OCO2. The second-order valence-corrected chi connectivity index (χ2v) is 7.06. The van der Waals surface area contributed by atoms with E-state index in [0.717, 1.165) is 30.2 Å². The van der Waals surface area contributed by atoms with Crippen LogP contribution in [0.15, 0.2) is 30.3 Å². The van der Waals surface area contributed by atoms with E-state index in [1.165, 1.54) is 33.3 Å². The molecule has 0 amide bonds. The Balaban J connectivity index is 1.80. The highest BCUT2D eigenvalue weighted by atomic mass is 16.7. The summed E-state index contributed by atoms with van der Waals surface area (Å²) in [6, 6.07) is 10.7. The summed E-state index contributed by atoms with van der Waals surface area (Å²) in [5.41, 5.74) is 6.13. The fraction of sp³-hybridized carbons (Fsp3) is 0.333. The highest BCUT2D eigenvalue weighted by Crippen LogP contribution is 2.51. The van der Waals surface area contributed by atoms with Gasteiger partial charge in [-0.1, -0.05) is 18.2 Å². The van der Waals surface area contributed by atoms with Crippen molar-refractivity contribution in [1.82, 2.24) is 9.88 Å². The maximum absolute atomic E-state index is 5.84. The quantitative estimate of drug-likeness (QED) is 0.764. The molecule has 5 heteroatoms. The van der Waals surface area contributed by atoms with Gasteiger partial charge in [0.2, 0.25) is 12.5 Å². The van der Waals surface area contributed by atoms with Crippen molar-refractivity contribution < 1.29 is 14.2 Å². The Morgan fingerprint density at radius 2 is 2.04 bits per heavy atom. The van der Waals surface area contributed by atoms with Crippen molar-refractivity contribution in [2.24, 2.45) is 0 Å². The van der Waals surface area contributed by atoms with E-state index in [0.29, 0.717) is 0 Å². The molecule has 2 aliphatic heterocycles. The number of hydrogen-bond acceptors (Lipinski definition) is 4. The van der Waals surface area contributed by atoms with E-state index >= 15 is 0 Å². The molecule has 5 rings (SSSR count). The minimum absolute atomic E-state index is 0.111. The highest BCUT2D eigenvalue weighted by Gasteiger charge is 2.36. The smallest absolute Gasteiger partial charge is 0.231 e. The standard InChI is InChI=1S/C21H22N2O3/c1-12-17(14-6-4-5-7-15(14)22-12)19-18-13(8-9-23(19)2)10-16-20(21(18)24-3)26-11-25-16/h4-7,10,19,22H,8-9,11H2,1-3H3/t19-/m1/s1. The normalized spacial score (nSPS) is 19.0. The number of fused-ring (bicyclic) bond motifs is 3. The average molecular weight is 350 g/mol. The molecule has 0 radical (unpaired) electrons. The summed E-state index contributed by atoms with van der Waals surface area (Å²) < 4.78 is 17.2. The zero-order valence-electron chi connectivity index (χ0n) is 15.3. The minimum Gasteiger partial charge on any atom is -0.492 e. The number of para-hydroxylation sites is 1. The molecule has 0 unspecified atom stereocenters. The first-order valence-corrected chi connectivity index (χ1v) is 8.96. The Kier molecular flexibility index (Phi) is 3.40.